The normalized spacial score (nSPS) is 11.7. The summed E-state index contributed by atoms with van der Waals surface area (Å²) >= 11 is 28.4. The molecule has 4 rings (SSSR count). The molecule has 1 heterocycles. The largest absolute Gasteiger partial charge is 0.486 e. The molecule has 0 aliphatic heterocycles. The molecule has 0 spiro atoms. The molecule has 0 aliphatic rings. The molecule has 0 radical (unpaired) electrons. The molecule has 0 unspecified atom stereocenters. The Kier molecular flexibility index (Phi) is 8.09. The number of rotatable bonds is 6. The number of hydrogen-bond acceptors (Lipinski definition) is 4. The second-order valence-corrected chi connectivity index (χ2v) is 10.6. The van der Waals surface area contributed by atoms with Crippen LogP contribution in [0.5, 0.6) is 5.75 Å². The van der Waals surface area contributed by atoms with E-state index in [1.54, 1.807) is 42.5 Å². The first-order valence-electron chi connectivity index (χ1n) is 10.5. The second-order valence-electron chi connectivity index (χ2n) is 7.99. The average Bonchev–Trinajstić information content (AvgIpc) is 2.79. The number of ether oxygens (including phenoxy) is 1. The van der Waals surface area contributed by atoms with Gasteiger partial charge in [0.05, 0.1) is 27.2 Å². The van der Waals surface area contributed by atoms with Crippen molar-refractivity contribution in [2.75, 3.05) is 0 Å². The lowest BCUT2D eigenvalue weighted by molar-refractivity contribution is 0.306. The Morgan fingerprint density at radius 3 is 2.40 bits per heavy atom. The van der Waals surface area contributed by atoms with E-state index >= 15 is 0 Å². The second kappa shape index (κ2) is 10.9. The number of fused-ring (bicyclic) bond motifs is 1. The van der Waals surface area contributed by atoms with Crippen LogP contribution < -0.4 is 10.3 Å². The minimum Gasteiger partial charge on any atom is -0.486 e. The van der Waals surface area contributed by atoms with Crippen molar-refractivity contribution in [3.8, 4) is 5.75 Å². The summed E-state index contributed by atoms with van der Waals surface area (Å²) in [5.41, 5.74) is 1.67. The van der Waals surface area contributed by atoms with Crippen molar-refractivity contribution in [1.82, 2.24) is 9.66 Å². The summed E-state index contributed by atoms with van der Waals surface area (Å²) in [6.07, 6.45) is 1.51. The van der Waals surface area contributed by atoms with E-state index in [-0.39, 0.29) is 18.1 Å². The van der Waals surface area contributed by atoms with E-state index in [9.17, 15) is 4.79 Å². The van der Waals surface area contributed by atoms with Crippen molar-refractivity contribution in [3.63, 3.8) is 0 Å². The summed E-state index contributed by atoms with van der Waals surface area (Å²) in [6, 6.07) is 13.8. The highest BCUT2D eigenvalue weighted by Gasteiger charge is 2.15. The van der Waals surface area contributed by atoms with E-state index in [2.05, 4.69) is 26.0 Å². The number of benzene rings is 3. The summed E-state index contributed by atoms with van der Waals surface area (Å²) < 4.78 is 7.90. The maximum atomic E-state index is 13.2. The Balaban J connectivity index is 1.65. The van der Waals surface area contributed by atoms with Gasteiger partial charge in [-0.2, -0.15) is 9.78 Å². The van der Waals surface area contributed by atoms with Crippen molar-refractivity contribution < 1.29 is 4.74 Å². The van der Waals surface area contributed by atoms with Crippen LogP contribution in [0.1, 0.15) is 36.7 Å². The molecule has 4 aromatic rings. The first kappa shape index (κ1) is 26.0. The van der Waals surface area contributed by atoms with Crippen molar-refractivity contribution in [1.29, 1.82) is 0 Å². The maximum Gasteiger partial charge on any atom is 0.282 e. The van der Waals surface area contributed by atoms with Crippen LogP contribution in [0.2, 0.25) is 20.1 Å². The Bertz CT molecular complexity index is 1500. The quantitative estimate of drug-likeness (QED) is 0.205. The van der Waals surface area contributed by atoms with Gasteiger partial charge in [0.25, 0.3) is 5.56 Å². The Labute approximate surface area is 230 Å². The molecule has 0 amide bonds. The van der Waals surface area contributed by atoms with Gasteiger partial charge in [-0.3, -0.25) is 4.79 Å². The first-order chi connectivity index (χ1) is 16.6. The third-order valence-corrected chi connectivity index (χ3v) is 6.72. The molecule has 5 nitrogen and oxygen atoms in total. The lowest BCUT2D eigenvalue weighted by Gasteiger charge is -2.13. The van der Waals surface area contributed by atoms with Crippen molar-refractivity contribution in [2.45, 2.75) is 26.4 Å². The molecule has 0 aliphatic carbocycles. The summed E-state index contributed by atoms with van der Waals surface area (Å²) in [7, 11) is 0. The van der Waals surface area contributed by atoms with Gasteiger partial charge in [-0.1, -0.05) is 82.2 Å². The summed E-state index contributed by atoms with van der Waals surface area (Å²) in [5.74, 6) is 0.822. The summed E-state index contributed by atoms with van der Waals surface area (Å²) in [4.78, 5) is 17.8. The molecule has 0 saturated carbocycles. The first-order valence-corrected chi connectivity index (χ1v) is 12.8. The van der Waals surface area contributed by atoms with Crippen LogP contribution in [0, 0.1) is 0 Å². The van der Waals surface area contributed by atoms with Gasteiger partial charge in [-0.15, -0.1) is 0 Å². The molecule has 10 heteroatoms. The Morgan fingerprint density at radius 2 is 1.74 bits per heavy atom. The Hall–Kier alpha value is -2.09. The summed E-state index contributed by atoms with van der Waals surface area (Å²) in [5, 5.41) is 6.48. The lowest BCUT2D eigenvalue weighted by Crippen LogP contribution is -2.23. The molecule has 35 heavy (non-hydrogen) atoms. The molecule has 3 aromatic carbocycles. The van der Waals surface area contributed by atoms with Crippen LogP contribution in [0.25, 0.3) is 10.9 Å². The fourth-order valence-electron chi connectivity index (χ4n) is 3.36. The number of nitrogens with zero attached hydrogens (tertiary/aromatic N) is 3. The third-order valence-electron chi connectivity index (χ3n) is 5.08. The van der Waals surface area contributed by atoms with Gasteiger partial charge < -0.3 is 4.74 Å². The van der Waals surface area contributed by atoms with Gasteiger partial charge in [-0.25, -0.2) is 4.98 Å². The van der Waals surface area contributed by atoms with Gasteiger partial charge in [0.15, 0.2) is 5.75 Å². The molecule has 180 valence electrons. The maximum absolute atomic E-state index is 13.2. The van der Waals surface area contributed by atoms with Gasteiger partial charge >= 0.3 is 0 Å². The smallest absolute Gasteiger partial charge is 0.282 e. The van der Waals surface area contributed by atoms with E-state index in [0.29, 0.717) is 48.1 Å². The molecular formula is C25H18BrCl4N3O2. The monoisotopic (exact) mass is 611 g/mol. The molecule has 0 N–H and O–H groups in total. The van der Waals surface area contributed by atoms with E-state index in [0.717, 1.165) is 10.0 Å². The van der Waals surface area contributed by atoms with E-state index in [4.69, 9.17) is 51.1 Å². The van der Waals surface area contributed by atoms with Crippen LogP contribution >= 0.6 is 62.3 Å². The van der Waals surface area contributed by atoms with Crippen molar-refractivity contribution in [3.05, 3.63) is 100 Å². The van der Waals surface area contributed by atoms with Gasteiger partial charge in [0.1, 0.15) is 12.4 Å². The van der Waals surface area contributed by atoms with Crippen LogP contribution in [0.3, 0.4) is 0 Å². The highest BCUT2D eigenvalue weighted by atomic mass is 79.9. The highest BCUT2D eigenvalue weighted by molar-refractivity contribution is 9.10. The lowest BCUT2D eigenvalue weighted by atomic mass is 10.2. The molecule has 0 saturated heterocycles. The molecular weight excluding hydrogens is 596 g/mol. The minimum absolute atomic E-state index is 0.0319. The zero-order valence-electron chi connectivity index (χ0n) is 18.5. The van der Waals surface area contributed by atoms with Gasteiger partial charge in [0.2, 0.25) is 0 Å². The number of hydrogen-bond donors (Lipinski definition) is 0. The molecule has 0 fully saturated rings. The average molecular weight is 614 g/mol. The van der Waals surface area contributed by atoms with Gasteiger partial charge in [-0.05, 0) is 48.0 Å². The van der Waals surface area contributed by atoms with Crippen LogP contribution in [-0.4, -0.2) is 15.9 Å². The van der Waals surface area contributed by atoms with Crippen LogP contribution in [0.15, 0.2) is 62.9 Å². The SMILES string of the molecule is CC(C)c1nc2ccc(Br)cc2c(=O)n1N=Cc1cc(Cl)c(OCc2ccc(Cl)cc2Cl)c(Cl)c1. The van der Waals surface area contributed by atoms with E-state index < -0.39 is 0 Å². The third kappa shape index (κ3) is 5.84. The molecule has 0 atom stereocenters. The molecule has 0 bridgehead atoms. The topological polar surface area (TPSA) is 56.5 Å². The minimum atomic E-state index is -0.270. The Morgan fingerprint density at radius 1 is 1.03 bits per heavy atom. The summed E-state index contributed by atoms with van der Waals surface area (Å²) in [6.45, 7) is 4.06. The van der Waals surface area contributed by atoms with Crippen LogP contribution in [0.4, 0.5) is 0 Å². The van der Waals surface area contributed by atoms with Crippen molar-refractivity contribution >= 4 is 79.5 Å². The predicted molar refractivity (Wildman–Crippen MR) is 148 cm³/mol. The number of halogens is 5. The van der Waals surface area contributed by atoms with Crippen LogP contribution in [-0.2, 0) is 6.61 Å². The van der Waals surface area contributed by atoms with Gasteiger partial charge in [0, 0.05) is 26.0 Å². The predicted octanol–water partition coefficient (Wildman–Crippen LogP) is 8.36. The van der Waals surface area contributed by atoms with E-state index in [1.165, 1.54) is 10.9 Å². The van der Waals surface area contributed by atoms with Crippen molar-refractivity contribution in [2.24, 2.45) is 5.10 Å². The molecule has 1 aromatic heterocycles. The fourth-order valence-corrected chi connectivity index (χ4v) is 4.79. The van der Waals surface area contributed by atoms with E-state index in [1.807, 2.05) is 19.9 Å². The highest BCUT2D eigenvalue weighted by Crippen LogP contribution is 2.35. The zero-order chi connectivity index (χ0) is 25.3. The zero-order valence-corrected chi connectivity index (χ0v) is 23.1. The fraction of sp³-hybridized carbons (Fsp3) is 0.160. The standard InChI is InChI=1S/C25H18BrCl4N3O2/c1-13(2)24-32-22-6-4-16(26)9-18(22)25(34)33(24)31-11-14-7-20(29)23(21(30)8-14)35-12-15-3-5-17(27)10-19(15)28/h3-11,13H,12H2,1-2H3. The number of aromatic nitrogens is 2.